The summed E-state index contributed by atoms with van der Waals surface area (Å²) in [6.45, 7) is 1.77. The Balaban J connectivity index is 1.73. The lowest BCUT2D eigenvalue weighted by molar-refractivity contribution is 0.670. The molecule has 0 atom stereocenters. The van der Waals surface area contributed by atoms with E-state index in [0.717, 1.165) is 34.0 Å². The van der Waals surface area contributed by atoms with E-state index in [1.54, 1.807) is 11.3 Å². The summed E-state index contributed by atoms with van der Waals surface area (Å²) in [5, 5.41) is 7.71. The Hall–Kier alpha value is -0.360. The molecule has 0 fully saturated rings. The molecule has 0 amide bonds. The topological polar surface area (TPSA) is 29.9 Å². The maximum Gasteiger partial charge on any atom is 0.107 e. The van der Waals surface area contributed by atoms with Crippen molar-refractivity contribution >= 4 is 38.9 Å². The van der Waals surface area contributed by atoms with Crippen molar-refractivity contribution in [3.05, 3.63) is 37.7 Å². The van der Waals surface area contributed by atoms with Gasteiger partial charge in [-0.1, -0.05) is 11.6 Å². The molecular weight excluding hydrogens is 322 g/mol. The van der Waals surface area contributed by atoms with E-state index >= 15 is 0 Å². The fourth-order valence-electron chi connectivity index (χ4n) is 1.50. The third kappa shape index (κ3) is 3.81. The number of thiophene rings is 1. The summed E-state index contributed by atoms with van der Waals surface area (Å²) in [7, 11) is 1.93. The molecule has 0 saturated heterocycles. The van der Waals surface area contributed by atoms with E-state index in [2.05, 4.69) is 32.4 Å². The van der Waals surface area contributed by atoms with Crippen LogP contribution in [-0.4, -0.2) is 16.3 Å². The van der Waals surface area contributed by atoms with E-state index in [-0.39, 0.29) is 0 Å². The molecule has 17 heavy (non-hydrogen) atoms. The molecule has 0 aromatic carbocycles. The lowest BCUT2D eigenvalue weighted by Gasteiger charge is -2.00. The maximum atomic E-state index is 5.97. The minimum atomic E-state index is 0.812. The minimum absolute atomic E-state index is 0.812. The molecule has 0 radical (unpaired) electrons. The van der Waals surface area contributed by atoms with Crippen molar-refractivity contribution in [2.45, 2.75) is 13.0 Å². The average Bonchev–Trinajstić information content (AvgIpc) is 2.82. The van der Waals surface area contributed by atoms with Crippen LogP contribution in [0.4, 0.5) is 0 Å². The normalized spacial score (nSPS) is 11.0. The Kier molecular flexibility index (Phi) is 4.62. The molecule has 0 spiro atoms. The molecular formula is C11H13BrClN3S. The van der Waals surface area contributed by atoms with Crippen LogP contribution in [0.3, 0.4) is 0 Å². The van der Waals surface area contributed by atoms with Gasteiger partial charge in [-0.2, -0.15) is 5.10 Å². The number of rotatable bonds is 5. The number of nitrogens with zero attached hydrogens (tertiary/aromatic N) is 2. The van der Waals surface area contributed by atoms with Crippen LogP contribution in [-0.2, 0) is 20.0 Å². The highest BCUT2D eigenvalue weighted by Gasteiger charge is 2.04. The monoisotopic (exact) mass is 333 g/mol. The van der Waals surface area contributed by atoms with Gasteiger partial charge in [0.2, 0.25) is 0 Å². The first-order valence-corrected chi connectivity index (χ1v) is 7.27. The molecule has 2 rings (SSSR count). The van der Waals surface area contributed by atoms with Gasteiger partial charge in [-0.25, -0.2) is 0 Å². The maximum absolute atomic E-state index is 5.97. The summed E-state index contributed by atoms with van der Waals surface area (Å²) in [6.07, 6.45) is 2.91. The van der Waals surface area contributed by atoms with Crippen molar-refractivity contribution < 1.29 is 0 Å². The lowest BCUT2D eigenvalue weighted by atomic mass is 10.3. The van der Waals surface area contributed by atoms with Crippen LogP contribution in [0.2, 0.25) is 4.34 Å². The van der Waals surface area contributed by atoms with Gasteiger partial charge in [0, 0.05) is 42.1 Å². The summed E-state index contributed by atoms with van der Waals surface area (Å²) in [4.78, 5) is 1.24. The number of aryl methyl sites for hydroxylation is 1. The molecule has 92 valence electrons. The van der Waals surface area contributed by atoms with E-state index < -0.39 is 0 Å². The van der Waals surface area contributed by atoms with Crippen molar-refractivity contribution in [2.24, 2.45) is 7.05 Å². The van der Waals surface area contributed by atoms with E-state index in [9.17, 15) is 0 Å². The molecule has 2 aromatic rings. The predicted octanol–water partition coefficient (Wildman–Crippen LogP) is 3.23. The second-order valence-electron chi connectivity index (χ2n) is 3.74. The van der Waals surface area contributed by atoms with Gasteiger partial charge < -0.3 is 5.32 Å². The molecule has 6 heteroatoms. The highest BCUT2D eigenvalue weighted by molar-refractivity contribution is 9.10. The van der Waals surface area contributed by atoms with E-state index in [0.29, 0.717) is 0 Å². The number of nitrogens with one attached hydrogen (secondary N) is 1. The first-order chi connectivity index (χ1) is 8.15. The van der Waals surface area contributed by atoms with Gasteiger partial charge in [-0.15, -0.1) is 11.3 Å². The van der Waals surface area contributed by atoms with Gasteiger partial charge in [0.25, 0.3) is 0 Å². The first kappa shape index (κ1) is 13.1. The molecule has 2 heterocycles. The van der Waals surface area contributed by atoms with Crippen molar-refractivity contribution in [1.29, 1.82) is 0 Å². The quantitative estimate of drug-likeness (QED) is 0.851. The van der Waals surface area contributed by atoms with Crippen LogP contribution in [0.25, 0.3) is 0 Å². The summed E-state index contributed by atoms with van der Waals surface area (Å²) in [5.74, 6) is 0. The number of halogens is 2. The second-order valence-corrected chi connectivity index (χ2v) is 6.34. The zero-order valence-electron chi connectivity index (χ0n) is 9.41. The van der Waals surface area contributed by atoms with Crippen LogP contribution in [0.15, 0.2) is 22.8 Å². The van der Waals surface area contributed by atoms with Gasteiger partial charge in [-0.3, -0.25) is 4.68 Å². The standard InChI is InChI=1S/C11H13BrClN3S/c1-16-5-3-8(15-16)2-4-14-7-9-6-10(12)11(13)17-9/h3,5-6,14H,2,4,7H2,1H3. The Morgan fingerprint density at radius 1 is 1.59 bits per heavy atom. The molecule has 2 aromatic heterocycles. The van der Waals surface area contributed by atoms with Crippen LogP contribution in [0.1, 0.15) is 10.6 Å². The summed E-state index contributed by atoms with van der Waals surface area (Å²) in [5.41, 5.74) is 1.12. The largest absolute Gasteiger partial charge is 0.311 e. The van der Waals surface area contributed by atoms with Gasteiger partial charge in [0.1, 0.15) is 4.34 Å². The Bertz CT molecular complexity index is 475. The van der Waals surface area contributed by atoms with Crippen molar-refractivity contribution in [3.8, 4) is 0 Å². The van der Waals surface area contributed by atoms with Gasteiger partial charge in [0.05, 0.1) is 5.69 Å². The van der Waals surface area contributed by atoms with Gasteiger partial charge in [0.15, 0.2) is 0 Å². The fourth-order valence-corrected chi connectivity index (χ4v) is 3.26. The Labute approximate surface area is 118 Å². The van der Waals surface area contributed by atoms with Crippen LogP contribution in [0, 0.1) is 0 Å². The SMILES string of the molecule is Cn1ccc(CCNCc2cc(Br)c(Cl)s2)n1. The minimum Gasteiger partial charge on any atom is -0.311 e. The first-order valence-electron chi connectivity index (χ1n) is 5.28. The lowest BCUT2D eigenvalue weighted by Crippen LogP contribution is -2.16. The summed E-state index contributed by atoms with van der Waals surface area (Å²) >= 11 is 11.0. The van der Waals surface area contributed by atoms with Crippen LogP contribution < -0.4 is 5.32 Å². The smallest absolute Gasteiger partial charge is 0.107 e. The molecule has 0 aliphatic rings. The van der Waals surface area contributed by atoms with Crippen molar-refractivity contribution in [1.82, 2.24) is 15.1 Å². The number of aromatic nitrogens is 2. The molecule has 0 aliphatic heterocycles. The number of hydrogen-bond acceptors (Lipinski definition) is 3. The zero-order valence-corrected chi connectivity index (χ0v) is 12.6. The van der Waals surface area contributed by atoms with Gasteiger partial charge in [-0.05, 0) is 28.1 Å². The second kappa shape index (κ2) is 6.00. The molecule has 0 saturated carbocycles. The number of hydrogen-bond donors (Lipinski definition) is 1. The van der Waals surface area contributed by atoms with E-state index in [1.807, 2.05) is 24.0 Å². The highest BCUT2D eigenvalue weighted by atomic mass is 79.9. The zero-order chi connectivity index (χ0) is 12.3. The predicted molar refractivity (Wildman–Crippen MR) is 75.6 cm³/mol. The van der Waals surface area contributed by atoms with Crippen molar-refractivity contribution in [2.75, 3.05) is 6.54 Å². The molecule has 0 bridgehead atoms. The molecule has 0 unspecified atom stereocenters. The third-order valence-corrected chi connectivity index (χ3v) is 4.80. The van der Waals surface area contributed by atoms with E-state index in [4.69, 9.17) is 11.6 Å². The highest BCUT2D eigenvalue weighted by Crippen LogP contribution is 2.31. The Morgan fingerprint density at radius 2 is 2.41 bits per heavy atom. The van der Waals surface area contributed by atoms with Crippen LogP contribution in [0.5, 0.6) is 0 Å². The van der Waals surface area contributed by atoms with Crippen LogP contribution >= 0.6 is 38.9 Å². The average molecular weight is 335 g/mol. The molecule has 3 nitrogen and oxygen atoms in total. The van der Waals surface area contributed by atoms with Crippen molar-refractivity contribution in [3.63, 3.8) is 0 Å². The third-order valence-electron chi connectivity index (χ3n) is 2.32. The summed E-state index contributed by atoms with van der Waals surface area (Å²) in [6, 6.07) is 4.10. The molecule has 1 N–H and O–H groups in total. The van der Waals surface area contributed by atoms with Gasteiger partial charge >= 0.3 is 0 Å². The molecule has 0 aliphatic carbocycles. The Morgan fingerprint density at radius 3 is 3.00 bits per heavy atom. The fraction of sp³-hybridized carbons (Fsp3) is 0.364. The summed E-state index contributed by atoms with van der Waals surface area (Å²) < 4.78 is 3.61. The van der Waals surface area contributed by atoms with E-state index in [1.165, 1.54) is 4.88 Å².